The fourth-order valence-corrected chi connectivity index (χ4v) is 4.09. The van der Waals surface area contributed by atoms with Gasteiger partial charge in [-0.2, -0.15) is 4.98 Å². The fourth-order valence-electron chi connectivity index (χ4n) is 4.09. The number of nitrogens with one attached hydrogen (secondary N) is 2. The Hall–Kier alpha value is -2.87. The van der Waals surface area contributed by atoms with Gasteiger partial charge in [-0.05, 0) is 63.0 Å². The number of benzene rings is 1. The van der Waals surface area contributed by atoms with Crippen LogP contribution in [0.25, 0.3) is 0 Å². The van der Waals surface area contributed by atoms with Crippen molar-refractivity contribution in [1.82, 2.24) is 15.2 Å². The number of anilines is 1. The van der Waals surface area contributed by atoms with E-state index < -0.39 is 0 Å². The van der Waals surface area contributed by atoms with Gasteiger partial charge >= 0.3 is 6.08 Å². The van der Waals surface area contributed by atoms with Gasteiger partial charge in [-0.15, -0.1) is 0 Å². The highest BCUT2D eigenvalue weighted by Gasteiger charge is 2.40. The van der Waals surface area contributed by atoms with Gasteiger partial charge < -0.3 is 14.5 Å². The van der Waals surface area contributed by atoms with Crippen LogP contribution >= 0.6 is 0 Å². The fraction of sp³-hybridized carbons (Fsp3) is 0.450. The highest BCUT2D eigenvalue weighted by molar-refractivity contribution is 5.94. The van der Waals surface area contributed by atoms with Crippen molar-refractivity contribution in [3.8, 4) is 11.8 Å². The predicted molar refractivity (Wildman–Crippen MR) is 102 cm³/mol. The van der Waals surface area contributed by atoms with Gasteiger partial charge in [0.25, 0.3) is 5.91 Å². The van der Waals surface area contributed by atoms with E-state index in [1.165, 1.54) is 13.1 Å². The lowest BCUT2D eigenvalue weighted by atomic mass is 9.79. The third-order valence-electron chi connectivity index (χ3n) is 5.58. The smallest absolute Gasteiger partial charge is 0.401 e. The van der Waals surface area contributed by atoms with E-state index in [1.54, 1.807) is 24.3 Å². The first-order valence-electron chi connectivity index (χ1n) is 9.56. The number of carbonyl (C=O) groups is 2. The van der Waals surface area contributed by atoms with Crippen molar-refractivity contribution in [2.45, 2.75) is 38.8 Å². The van der Waals surface area contributed by atoms with Gasteiger partial charge in [0.05, 0.1) is 6.20 Å². The maximum atomic E-state index is 12.7. The van der Waals surface area contributed by atoms with Gasteiger partial charge in [-0.3, -0.25) is 19.8 Å². The lowest BCUT2D eigenvalue weighted by Crippen LogP contribution is -2.62. The molecule has 2 N–H and O–H groups in total. The Morgan fingerprint density at radius 3 is 2.57 bits per heavy atom. The molecule has 2 aromatic rings. The average Bonchev–Trinajstić information content (AvgIpc) is 3.11. The van der Waals surface area contributed by atoms with E-state index in [1.807, 2.05) is 0 Å². The minimum absolute atomic E-state index is 0.0158. The number of nitrogens with zero attached hydrogens (tertiary/aromatic N) is 2. The Kier molecular flexibility index (Phi) is 5.04. The van der Waals surface area contributed by atoms with Crippen molar-refractivity contribution in [2.24, 2.45) is 5.92 Å². The zero-order chi connectivity index (χ0) is 19.7. The van der Waals surface area contributed by atoms with Crippen LogP contribution in [0.2, 0.25) is 0 Å². The van der Waals surface area contributed by atoms with Crippen molar-refractivity contribution in [1.29, 1.82) is 0 Å². The second-order valence-electron chi connectivity index (χ2n) is 7.41. The van der Waals surface area contributed by atoms with Crippen molar-refractivity contribution in [3.63, 3.8) is 0 Å². The molecule has 0 unspecified atom stereocenters. The second-order valence-corrected chi connectivity index (χ2v) is 7.41. The SMILES string of the molecule is CC(=O)Nc1cnc(Oc2ccc(C(=O)N[C@@H]3C4CCN(CC4)[C@H]3C)cc2)o1. The summed E-state index contributed by atoms with van der Waals surface area (Å²) in [5.41, 5.74) is 0.585. The molecule has 0 saturated carbocycles. The summed E-state index contributed by atoms with van der Waals surface area (Å²) in [7, 11) is 0. The number of hydrogen-bond donors (Lipinski definition) is 2. The summed E-state index contributed by atoms with van der Waals surface area (Å²) in [6.45, 7) is 5.84. The summed E-state index contributed by atoms with van der Waals surface area (Å²) >= 11 is 0. The van der Waals surface area contributed by atoms with Crippen LogP contribution in [-0.2, 0) is 4.79 Å². The molecule has 4 heterocycles. The molecule has 0 spiro atoms. The van der Waals surface area contributed by atoms with E-state index in [0.29, 0.717) is 23.3 Å². The Bertz CT molecular complexity index is 853. The predicted octanol–water partition coefficient (Wildman–Crippen LogP) is 2.64. The van der Waals surface area contributed by atoms with Crippen LogP contribution in [0.3, 0.4) is 0 Å². The number of fused-ring (bicyclic) bond motifs is 3. The molecule has 2 amide bonds. The summed E-state index contributed by atoms with van der Waals surface area (Å²) in [5, 5.41) is 5.70. The number of amides is 2. The van der Waals surface area contributed by atoms with Gasteiger partial charge in [0, 0.05) is 24.6 Å². The van der Waals surface area contributed by atoms with Crippen molar-refractivity contribution >= 4 is 17.7 Å². The highest BCUT2D eigenvalue weighted by atomic mass is 16.6. The summed E-state index contributed by atoms with van der Waals surface area (Å²) < 4.78 is 10.8. The number of aromatic nitrogens is 1. The minimum Gasteiger partial charge on any atom is -0.411 e. The molecular weight excluding hydrogens is 360 g/mol. The first kappa shape index (κ1) is 18.5. The average molecular weight is 384 g/mol. The van der Waals surface area contributed by atoms with Gasteiger partial charge in [-0.25, -0.2) is 0 Å². The Balaban J connectivity index is 1.37. The van der Waals surface area contributed by atoms with E-state index >= 15 is 0 Å². The summed E-state index contributed by atoms with van der Waals surface area (Å²) in [5.74, 6) is 0.945. The molecule has 2 bridgehead atoms. The van der Waals surface area contributed by atoms with Crippen molar-refractivity contribution in [3.05, 3.63) is 36.0 Å². The number of piperidine rings is 3. The Labute approximate surface area is 163 Å². The maximum Gasteiger partial charge on any atom is 0.401 e. The normalized spacial score (nSPS) is 25.9. The largest absolute Gasteiger partial charge is 0.411 e. The molecule has 5 rings (SSSR count). The number of hydrogen-bond acceptors (Lipinski definition) is 6. The molecule has 3 fully saturated rings. The van der Waals surface area contributed by atoms with Crippen LogP contribution < -0.4 is 15.4 Å². The molecule has 1 aromatic carbocycles. The molecule has 1 aromatic heterocycles. The zero-order valence-electron chi connectivity index (χ0n) is 16.0. The quantitative estimate of drug-likeness (QED) is 0.823. The van der Waals surface area contributed by atoms with Crippen LogP contribution in [0.4, 0.5) is 5.88 Å². The number of rotatable bonds is 5. The first-order chi connectivity index (χ1) is 13.5. The molecule has 8 heteroatoms. The molecule has 0 aliphatic carbocycles. The number of carbonyl (C=O) groups excluding carboxylic acids is 2. The van der Waals surface area contributed by atoms with E-state index in [0.717, 1.165) is 25.9 Å². The van der Waals surface area contributed by atoms with Crippen LogP contribution in [0.1, 0.15) is 37.0 Å². The van der Waals surface area contributed by atoms with E-state index in [9.17, 15) is 9.59 Å². The standard InChI is InChI=1S/C20H24N4O4/c1-12-18(14-7-9-24(12)10-8-14)23-19(26)15-3-5-16(6-4-15)27-20-21-11-17(28-20)22-13(2)25/h3-6,11-12,14,18H,7-10H2,1-2H3,(H,22,25)(H,23,26)/t12-,18-/m0/s1. The molecular formula is C20H24N4O4. The Morgan fingerprint density at radius 1 is 1.21 bits per heavy atom. The van der Waals surface area contributed by atoms with E-state index in [4.69, 9.17) is 9.15 Å². The molecule has 8 nitrogen and oxygen atoms in total. The first-order valence-corrected chi connectivity index (χ1v) is 9.56. The number of ether oxygens (including phenoxy) is 1. The van der Waals surface area contributed by atoms with Crippen LogP contribution in [-0.4, -0.2) is 46.9 Å². The third-order valence-corrected chi connectivity index (χ3v) is 5.58. The van der Waals surface area contributed by atoms with Gasteiger partial charge in [-0.1, -0.05) is 0 Å². The maximum absolute atomic E-state index is 12.7. The van der Waals surface area contributed by atoms with Gasteiger partial charge in [0.1, 0.15) is 5.75 Å². The van der Waals surface area contributed by atoms with E-state index in [-0.39, 0.29) is 29.8 Å². The lowest BCUT2D eigenvalue weighted by molar-refractivity contribution is -0.114. The highest BCUT2D eigenvalue weighted by Crippen LogP contribution is 2.32. The molecule has 3 aliphatic rings. The Morgan fingerprint density at radius 2 is 1.93 bits per heavy atom. The zero-order valence-corrected chi connectivity index (χ0v) is 16.0. The number of oxazole rings is 1. The third kappa shape index (κ3) is 3.87. The lowest BCUT2D eigenvalue weighted by Gasteiger charge is -2.49. The topological polar surface area (TPSA) is 96.7 Å². The van der Waals surface area contributed by atoms with Crippen LogP contribution in [0.5, 0.6) is 11.8 Å². The van der Waals surface area contributed by atoms with Crippen LogP contribution in [0, 0.1) is 5.92 Å². The van der Waals surface area contributed by atoms with Crippen molar-refractivity contribution < 1.29 is 18.7 Å². The molecule has 3 aliphatic heterocycles. The monoisotopic (exact) mass is 384 g/mol. The molecule has 28 heavy (non-hydrogen) atoms. The van der Waals surface area contributed by atoms with Crippen LogP contribution in [0.15, 0.2) is 34.9 Å². The van der Waals surface area contributed by atoms with E-state index in [2.05, 4.69) is 27.4 Å². The van der Waals surface area contributed by atoms with Gasteiger partial charge in [0.2, 0.25) is 11.8 Å². The second kappa shape index (κ2) is 7.63. The summed E-state index contributed by atoms with van der Waals surface area (Å²) in [4.78, 5) is 30.1. The molecule has 3 saturated heterocycles. The van der Waals surface area contributed by atoms with Crippen molar-refractivity contribution in [2.75, 3.05) is 18.4 Å². The molecule has 0 radical (unpaired) electrons. The summed E-state index contributed by atoms with van der Waals surface area (Å²) in [6, 6.07) is 7.39. The minimum atomic E-state index is -0.254. The molecule has 2 atom stereocenters. The molecule has 148 valence electrons. The van der Waals surface area contributed by atoms with Gasteiger partial charge in [0.15, 0.2) is 0 Å². The summed E-state index contributed by atoms with van der Waals surface area (Å²) in [6.07, 6.45) is 3.69.